The van der Waals surface area contributed by atoms with Gasteiger partial charge in [0.05, 0.1) is 6.61 Å². The van der Waals surface area contributed by atoms with Crippen molar-refractivity contribution in [1.82, 2.24) is 9.80 Å². The van der Waals surface area contributed by atoms with Crippen LogP contribution in [0.5, 0.6) is 0 Å². The molecule has 0 aromatic rings. The van der Waals surface area contributed by atoms with E-state index in [2.05, 4.69) is 4.74 Å². The number of nitrogens with zero attached hydrogens (tertiary/aromatic N) is 2. The lowest BCUT2D eigenvalue weighted by molar-refractivity contribution is -0.294. The molecule has 1 aliphatic rings. The van der Waals surface area contributed by atoms with E-state index in [4.69, 9.17) is 0 Å². The summed E-state index contributed by atoms with van der Waals surface area (Å²) in [6.07, 6.45) is -20.0. The van der Waals surface area contributed by atoms with Gasteiger partial charge in [0.1, 0.15) is 6.61 Å². The molecule has 0 saturated carbocycles. The van der Waals surface area contributed by atoms with Gasteiger partial charge in [0.2, 0.25) is 0 Å². The van der Waals surface area contributed by atoms with Gasteiger partial charge in [-0.15, -0.1) is 0 Å². The molecule has 162 valence electrons. The fourth-order valence-corrected chi connectivity index (χ4v) is 2.27. The highest BCUT2D eigenvalue weighted by Gasteiger charge is 2.64. The van der Waals surface area contributed by atoms with Gasteiger partial charge in [0.15, 0.2) is 6.30 Å². The Labute approximate surface area is 147 Å². The largest absolute Gasteiger partial charge is 0.429 e. The van der Waals surface area contributed by atoms with E-state index < -0.39 is 49.6 Å². The van der Waals surface area contributed by atoms with Crippen molar-refractivity contribution in [3.8, 4) is 0 Å². The molecule has 0 aliphatic carbocycles. The average Bonchev–Trinajstić information content (AvgIpc) is 2.51. The van der Waals surface area contributed by atoms with Crippen LogP contribution in [0.3, 0.4) is 0 Å². The number of hydrogen-bond donors (Lipinski definition) is 0. The van der Waals surface area contributed by atoms with Crippen molar-refractivity contribution < 1.29 is 53.0 Å². The van der Waals surface area contributed by atoms with Crippen LogP contribution in [-0.2, 0) is 4.74 Å². The molecule has 0 radical (unpaired) electrons. The number of rotatable bonds is 7. The molecule has 1 saturated heterocycles. The van der Waals surface area contributed by atoms with Gasteiger partial charge in [-0.2, -0.15) is 26.3 Å². The highest BCUT2D eigenvalue weighted by Crippen LogP contribution is 2.41. The minimum absolute atomic E-state index is 0.0996. The summed E-state index contributed by atoms with van der Waals surface area (Å²) in [5.74, 6) is -5.27. The number of likely N-dealkylation sites (N-methyl/N-ethyl adjacent to an activating group) is 1. The van der Waals surface area contributed by atoms with Gasteiger partial charge < -0.3 is 9.64 Å². The lowest BCUT2D eigenvalue weighted by Crippen LogP contribution is -2.62. The summed E-state index contributed by atoms with van der Waals surface area (Å²) in [5.41, 5.74) is -4.79. The first-order chi connectivity index (χ1) is 12.0. The Bertz CT molecular complexity index is 476. The summed E-state index contributed by atoms with van der Waals surface area (Å²) in [4.78, 5) is 2.09. The standard InChI is InChI=1S/C13H17F11N2O/c1-25-2-4-26(5-3-25)9(15)10(16,13(22,23)24)6-27-7-11(17,18)8(14)12(19,20)21/h8-9H,2-7H2,1H3. The minimum Gasteiger partial charge on any atom is -0.371 e. The highest BCUT2D eigenvalue weighted by molar-refractivity contribution is 4.96. The normalized spacial score (nSPS) is 23.1. The van der Waals surface area contributed by atoms with E-state index in [1.54, 1.807) is 11.9 Å². The molecule has 1 aliphatic heterocycles. The molecule has 3 nitrogen and oxygen atoms in total. The average molecular weight is 426 g/mol. The van der Waals surface area contributed by atoms with Crippen LogP contribution < -0.4 is 0 Å². The van der Waals surface area contributed by atoms with Crippen LogP contribution in [-0.4, -0.2) is 92.7 Å². The SMILES string of the molecule is CN1CCN(C(F)C(F)(COCC(F)(F)C(F)C(F)(F)F)C(F)(F)F)CC1. The zero-order valence-corrected chi connectivity index (χ0v) is 13.9. The van der Waals surface area contributed by atoms with Crippen molar-refractivity contribution >= 4 is 0 Å². The van der Waals surface area contributed by atoms with Crippen molar-refractivity contribution in [2.75, 3.05) is 46.4 Å². The molecular formula is C13H17F11N2O. The monoisotopic (exact) mass is 426 g/mol. The first-order valence-electron chi connectivity index (χ1n) is 7.51. The van der Waals surface area contributed by atoms with E-state index in [0.29, 0.717) is 4.90 Å². The lowest BCUT2D eigenvalue weighted by atomic mass is 10.0. The number of halogens is 11. The van der Waals surface area contributed by atoms with Crippen molar-refractivity contribution in [2.45, 2.75) is 36.4 Å². The molecule has 27 heavy (non-hydrogen) atoms. The predicted molar refractivity (Wildman–Crippen MR) is 70.6 cm³/mol. The van der Waals surface area contributed by atoms with Crippen LogP contribution in [0.1, 0.15) is 0 Å². The quantitative estimate of drug-likeness (QED) is 0.459. The molecule has 0 N–H and O–H groups in total. The fraction of sp³-hybridized carbons (Fsp3) is 1.00. The van der Waals surface area contributed by atoms with E-state index in [1.807, 2.05) is 0 Å². The van der Waals surface area contributed by atoms with Crippen LogP contribution >= 0.6 is 0 Å². The molecule has 1 rings (SSSR count). The second-order valence-electron chi connectivity index (χ2n) is 6.19. The zero-order chi connectivity index (χ0) is 21.3. The van der Waals surface area contributed by atoms with Crippen molar-refractivity contribution in [3.63, 3.8) is 0 Å². The summed E-state index contributed by atoms with van der Waals surface area (Å²) >= 11 is 0. The van der Waals surface area contributed by atoms with E-state index in [-0.39, 0.29) is 26.2 Å². The van der Waals surface area contributed by atoms with Gasteiger partial charge in [0.25, 0.3) is 11.8 Å². The first-order valence-corrected chi connectivity index (χ1v) is 7.51. The number of alkyl halides is 11. The van der Waals surface area contributed by atoms with Crippen molar-refractivity contribution in [3.05, 3.63) is 0 Å². The number of piperazine rings is 1. The summed E-state index contributed by atoms with van der Waals surface area (Å²) in [6, 6.07) is 0. The van der Waals surface area contributed by atoms with Gasteiger partial charge in [-0.05, 0) is 7.05 Å². The van der Waals surface area contributed by atoms with E-state index in [0.717, 1.165) is 0 Å². The Morgan fingerprint density at radius 2 is 1.30 bits per heavy atom. The van der Waals surface area contributed by atoms with Crippen LogP contribution in [0, 0.1) is 0 Å². The molecule has 0 spiro atoms. The van der Waals surface area contributed by atoms with Gasteiger partial charge in [0, 0.05) is 26.2 Å². The highest BCUT2D eigenvalue weighted by atomic mass is 19.4. The van der Waals surface area contributed by atoms with Gasteiger partial charge in [-0.25, -0.2) is 22.0 Å². The van der Waals surface area contributed by atoms with Crippen LogP contribution in [0.2, 0.25) is 0 Å². The third-order valence-electron chi connectivity index (χ3n) is 3.97. The smallest absolute Gasteiger partial charge is 0.371 e. The molecule has 3 unspecified atom stereocenters. The zero-order valence-electron chi connectivity index (χ0n) is 13.9. The van der Waals surface area contributed by atoms with Crippen LogP contribution in [0.15, 0.2) is 0 Å². The minimum atomic E-state index is -6.01. The Balaban J connectivity index is 2.83. The maximum Gasteiger partial charge on any atom is 0.429 e. The first kappa shape index (κ1) is 24.1. The molecule has 0 aromatic heterocycles. The molecule has 1 heterocycles. The van der Waals surface area contributed by atoms with Crippen molar-refractivity contribution in [2.24, 2.45) is 0 Å². The third kappa shape index (κ3) is 5.79. The third-order valence-corrected chi connectivity index (χ3v) is 3.97. The number of ether oxygens (including phenoxy) is 1. The fourth-order valence-electron chi connectivity index (χ4n) is 2.27. The Kier molecular flexibility index (Phi) is 7.36. The maximum absolute atomic E-state index is 14.3. The Morgan fingerprint density at radius 3 is 1.70 bits per heavy atom. The van der Waals surface area contributed by atoms with Gasteiger partial charge in [-0.3, -0.25) is 4.90 Å². The van der Waals surface area contributed by atoms with E-state index >= 15 is 0 Å². The van der Waals surface area contributed by atoms with Crippen LogP contribution in [0.25, 0.3) is 0 Å². The molecular weight excluding hydrogens is 409 g/mol. The Hall–Kier alpha value is -0.890. The van der Waals surface area contributed by atoms with Gasteiger partial charge in [-0.1, -0.05) is 0 Å². The molecule has 14 heteroatoms. The Morgan fingerprint density at radius 1 is 0.815 bits per heavy atom. The maximum atomic E-state index is 14.3. The van der Waals surface area contributed by atoms with E-state index in [1.165, 1.54) is 0 Å². The molecule has 0 bridgehead atoms. The summed E-state index contributed by atoms with van der Waals surface area (Å²) in [5, 5.41) is 0. The predicted octanol–water partition coefficient (Wildman–Crippen LogP) is 3.35. The number of hydrogen-bond acceptors (Lipinski definition) is 3. The van der Waals surface area contributed by atoms with E-state index in [9.17, 15) is 48.3 Å². The van der Waals surface area contributed by atoms with Crippen molar-refractivity contribution in [1.29, 1.82) is 0 Å². The summed E-state index contributed by atoms with van der Waals surface area (Å²) in [6.45, 7) is -5.29. The summed E-state index contributed by atoms with van der Waals surface area (Å²) < 4.78 is 146. The topological polar surface area (TPSA) is 15.7 Å². The molecule has 0 aromatic carbocycles. The van der Waals surface area contributed by atoms with Gasteiger partial charge >= 0.3 is 18.3 Å². The second kappa shape index (κ2) is 8.23. The van der Waals surface area contributed by atoms with Crippen LogP contribution in [0.4, 0.5) is 48.3 Å². The second-order valence-corrected chi connectivity index (χ2v) is 6.19. The molecule has 1 fully saturated rings. The lowest BCUT2D eigenvalue weighted by Gasteiger charge is -2.40. The summed E-state index contributed by atoms with van der Waals surface area (Å²) in [7, 11) is 1.58. The molecule has 0 amide bonds. The molecule has 3 atom stereocenters.